The summed E-state index contributed by atoms with van der Waals surface area (Å²) in [6.45, 7) is 0. The van der Waals surface area contributed by atoms with Gasteiger partial charge in [-0.2, -0.15) is 0 Å². The number of hydrogen-bond acceptors (Lipinski definition) is 4. The molecule has 2 aromatic carbocycles. The number of aromatic nitrogens is 1. The fourth-order valence-electron chi connectivity index (χ4n) is 3.48. The van der Waals surface area contributed by atoms with E-state index >= 15 is 0 Å². The number of nitrogens with zero attached hydrogens (tertiary/aromatic N) is 1. The number of nitrogen functional groups attached to an aromatic ring is 1. The number of hydrogen-bond donors (Lipinski definition) is 1. The van der Waals surface area contributed by atoms with Gasteiger partial charge in [0, 0.05) is 21.9 Å². The molecule has 0 bridgehead atoms. The first kappa shape index (κ1) is 17.6. The largest absolute Gasteiger partial charge is 0.497 e. The Morgan fingerprint density at radius 1 is 1.19 bits per heavy atom. The van der Waals surface area contributed by atoms with Crippen molar-refractivity contribution in [2.24, 2.45) is 5.92 Å². The molecule has 2 N–H and O–H groups in total. The van der Waals surface area contributed by atoms with Crippen LogP contribution in [0.3, 0.4) is 0 Å². The number of halogens is 1. The Morgan fingerprint density at radius 3 is 2.63 bits per heavy atom. The van der Waals surface area contributed by atoms with Crippen LogP contribution in [0.4, 0.5) is 5.69 Å². The topological polar surface area (TPSA) is 74.3 Å². The Morgan fingerprint density at radius 2 is 1.96 bits per heavy atom. The van der Waals surface area contributed by atoms with Crippen LogP contribution in [0.15, 0.2) is 42.5 Å². The Labute approximate surface area is 161 Å². The van der Waals surface area contributed by atoms with Crippen molar-refractivity contribution in [3.8, 4) is 5.75 Å². The summed E-state index contributed by atoms with van der Waals surface area (Å²) in [7, 11) is 1.54. The minimum atomic E-state index is -0.314. The van der Waals surface area contributed by atoms with E-state index < -0.39 is 0 Å². The summed E-state index contributed by atoms with van der Waals surface area (Å²) >= 11 is 6.15. The van der Waals surface area contributed by atoms with Gasteiger partial charge in [0.2, 0.25) is 11.7 Å². The van der Waals surface area contributed by atoms with E-state index in [1.165, 1.54) is 11.7 Å². The average molecular weight is 383 g/mol. The highest BCUT2D eigenvalue weighted by molar-refractivity contribution is 6.31. The number of anilines is 1. The number of ether oxygens (including phenoxy) is 1. The molecular formula is C21H19ClN2O3. The summed E-state index contributed by atoms with van der Waals surface area (Å²) in [5.74, 6) is 0.0640. The number of ketones is 1. The van der Waals surface area contributed by atoms with Gasteiger partial charge < -0.3 is 10.5 Å². The van der Waals surface area contributed by atoms with Crippen LogP contribution >= 0.6 is 11.6 Å². The van der Waals surface area contributed by atoms with E-state index in [-0.39, 0.29) is 23.3 Å². The van der Waals surface area contributed by atoms with Crippen molar-refractivity contribution in [2.75, 3.05) is 12.8 Å². The van der Waals surface area contributed by atoms with Crippen LogP contribution in [-0.4, -0.2) is 23.4 Å². The van der Waals surface area contributed by atoms with Crippen LogP contribution in [0, 0.1) is 5.92 Å². The molecule has 0 atom stereocenters. The lowest BCUT2D eigenvalue weighted by atomic mass is 9.84. The number of carbonyl (C=O) groups excluding carboxylic acids is 2. The SMILES string of the molecule is COc1cccc(C(=O)c2c(N)c3ccc(Cl)cc3n2C(=O)C2CCC2)c1. The van der Waals surface area contributed by atoms with E-state index in [2.05, 4.69) is 0 Å². The molecule has 138 valence electrons. The summed E-state index contributed by atoms with van der Waals surface area (Å²) < 4.78 is 6.67. The fourth-order valence-corrected chi connectivity index (χ4v) is 3.64. The summed E-state index contributed by atoms with van der Waals surface area (Å²) in [6, 6.07) is 12.0. The van der Waals surface area contributed by atoms with Crippen LogP contribution < -0.4 is 10.5 Å². The van der Waals surface area contributed by atoms with Gasteiger partial charge in [0.25, 0.3) is 0 Å². The highest BCUT2D eigenvalue weighted by atomic mass is 35.5. The van der Waals surface area contributed by atoms with Crippen LogP contribution in [0.5, 0.6) is 5.75 Å². The second-order valence-electron chi connectivity index (χ2n) is 6.79. The zero-order valence-corrected chi connectivity index (χ0v) is 15.6. The number of fused-ring (bicyclic) bond motifs is 1. The molecule has 1 aromatic heterocycles. The van der Waals surface area contributed by atoms with Crippen LogP contribution in [0.1, 0.15) is 40.1 Å². The molecule has 0 amide bonds. The molecule has 1 heterocycles. The van der Waals surface area contributed by atoms with Crippen molar-refractivity contribution in [2.45, 2.75) is 19.3 Å². The molecular weight excluding hydrogens is 364 g/mol. The number of methoxy groups -OCH3 is 1. The first-order chi connectivity index (χ1) is 13.0. The Bertz CT molecular complexity index is 1070. The molecule has 1 fully saturated rings. The van der Waals surface area contributed by atoms with E-state index in [0.29, 0.717) is 32.9 Å². The predicted molar refractivity (Wildman–Crippen MR) is 106 cm³/mol. The van der Waals surface area contributed by atoms with Gasteiger partial charge >= 0.3 is 0 Å². The van der Waals surface area contributed by atoms with Gasteiger partial charge in [-0.05, 0) is 43.2 Å². The lowest BCUT2D eigenvalue weighted by Gasteiger charge is -2.25. The van der Waals surface area contributed by atoms with E-state index in [9.17, 15) is 9.59 Å². The zero-order valence-electron chi connectivity index (χ0n) is 14.9. The molecule has 0 aliphatic heterocycles. The maximum Gasteiger partial charge on any atom is 0.234 e. The number of carbonyl (C=O) groups is 2. The molecule has 0 unspecified atom stereocenters. The molecule has 1 saturated carbocycles. The summed E-state index contributed by atoms with van der Waals surface area (Å²) in [6.07, 6.45) is 2.67. The monoisotopic (exact) mass is 382 g/mol. The first-order valence-electron chi connectivity index (χ1n) is 8.83. The molecule has 4 rings (SSSR count). The molecule has 6 heteroatoms. The Balaban J connectivity index is 1.94. The smallest absolute Gasteiger partial charge is 0.234 e. The van der Waals surface area contributed by atoms with Gasteiger partial charge in [0.05, 0.1) is 18.3 Å². The van der Waals surface area contributed by atoms with E-state index in [1.54, 1.807) is 42.5 Å². The van der Waals surface area contributed by atoms with E-state index in [1.807, 2.05) is 0 Å². The van der Waals surface area contributed by atoms with Gasteiger partial charge in [-0.25, -0.2) is 0 Å². The molecule has 1 aliphatic carbocycles. The molecule has 5 nitrogen and oxygen atoms in total. The number of rotatable bonds is 4. The molecule has 1 aliphatic rings. The van der Waals surface area contributed by atoms with Crippen LogP contribution in [0.25, 0.3) is 10.9 Å². The normalized spacial score (nSPS) is 14.1. The third-order valence-electron chi connectivity index (χ3n) is 5.19. The highest BCUT2D eigenvalue weighted by Crippen LogP contribution is 2.36. The van der Waals surface area contributed by atoms with Crippen molar-refractivity contribution < 1.29 is 14.3 Å². The Kier molecular flexibility index (Phi) is 4.40. The average Bonchev–Trinajstić information content (AvgIpc) is 2.91. The van der Waals surface area contributed by atoms with Crippen molar-refractivity contribution in [3.63, 3.8) is 0 Å². The maximum absolute atomic E-state index is 13.3. The summed E-state index contributed by atoms with van der Waals surface area (Å²) in [4.78, 5) is 26.4. The first-order valence-corrected chi connectivity index (χ1v) is 9.21. The third-order valence-corrected chi connectivity index (χ3v) is 5.43. The zero-order chi connectivity index (χ0) is 19.1. The van der Waals surface area contributed by atoms with Crippen LogP contribution in [0.2, 0.25) is 5.02 Å². The third kappa shape index (κ3) is 2.88. The predicted octanol–water partition coefficient (Wildman–Crippen LogP) is 4.56. The van der Waals surface area contributed by atoms with Crippen molar-refractivity contribution >= 4 is 39.9 Å². The highest BCUT2D eigenvalue weighted by Gasteiger charge is 2.32. The number of nitrogens with two attached hydrogens (primary N) is 1. The minimum Gasteiger partial charge on any atom is -0.497 e. The standard InChI is InChI=1S/C21H19ClN2O3/c1-27-15-7-3-6-13(10-15)20(25)19-18(23)16-9-8-14(22)11-17(16)24(19)21(26)12-4-2-5-12/h3,6-12H,2,4-5,23H2,1H3. The van der Waals surface area contributed by atoms with Gasteiger partial charge in [-0.3, -0.25) is 14.2 Å². The quantitative estimate of drug-likeness (QED) is 0.671. The summed E-state index contributed by atoms with van der Waals surface area (Å²) in [5, 5.41) is 1.14. The lowest BCUT2D eigenvalue weighted by Crippen LogP contribution is -2.29. The molecule has 27 heavy (non-hydrogen) atoms. The molecule has 3 aromatic rings. The Hall–Kier alpha value is -2.79. The van der Waals surface area contributed by atoms with Crippen molar-refractivity contribution in [1.82, 2.24) is 4.57 Å². The lowest BCUT2D eigenvalue weighted by molar-refractivity contribution is 0.0760. The van der Waals surface area contributed by atoms with E-state index in [0.717, 1.165) is 19.3 Å². The van der Waals surface area contributed by atoms with Crippen LogP contribution in [-0.2, 0) is 0 Å². The fraction of sp³-hybridized carbons (Fsp3) is 0.238. The minimum absolute atomic E-state index is 0.0872. The second kappa shape index (κ2) is 6.74. The van der Waals surface area contributed by atoms with Gasteiger partial charge in [-0.1, -0.05) is 30.2 Å². The van der Waals surface area contributed by atoms with Crippen molar-refractivity contribution in [3.05, 3.63) is 58.7 Å². The van der Waals surface area contributed by atoms with Gasteiger partial charge in [0.15, 0.2) is 0 Å². The van der Waals surface area contributed by atoms with Gasteiger partial charge in [-0.15, -0.1) is 0 Å². The molecule has 0 spiro atoms. The van der Waals surface area contributed by atoms with E-state index in [4.69, 9.17) is 22.1 Å². The maximum atomic E-state index is 13.3. The molecule has 0 radical (unpaired) electrons. The number of benzene rings is 2. The summed E-state index contributed by atoms with van der Waals surface area (Å²) in [5.41, 5.74) is 7.80. The van der Waals surface area contributed by atoms with Crippen molar-refractivity contribution in [1.29, 1.82) is 0 Å². The molecule has 0 saturated heterocycles. The second-order valence-corrected chi connectivity index (χ2v) is 7.22. The van der Waals surface area contributed by atoms with Gasteiger partial charge in [0.1, 0.15) is 11.4 Å².